The average molecular weight is 530 g/mol. The Hall–Kier alpha value is -3.80. The van der Waals surface area contributed by atoms with Crippen molar-refractivity contribution in [2.45, 2.75) is 39.1 Å². The minimum Gasteiger partial charge on any atom is -0.378 e. The van der Waals surface area contributed by atoms with Crippen molar-refractivity contribution in [3.05, 3.63) is 89.5 Å². The van der Waals surface area contributed by atoms with Crippen molar-refractivity contribution in [2.24, 2.45) is 17.8 Å². The molecular formula is C33H34F2N2O2. The van der Waals surface area contributed by atoms with Gasteiger partial charge in [-0.2, -0.15) is 0 Å². The molecule has 0 aromatic heterocycles. The number of benzene rings is 3. The van der Waals surface area contributed by atoms with Crippen LogP contribution in [0.3, 0.4) is 0 Å². The van der Waals surface area contributed by atoms with Gasteiger partial charge in [0.25, 0.3) is 0 Å². The lowest BCUT2D eigenvalue weighted by molar-refractivity contribution is -0.124. The summed E-state index contributed by atoms with van der Waals surface area (Å²) in [6, 6.07) is 16.4. The first-order chi connectivity index (χ1) is 19.1. The predicted molar refractivity (Wildman–Crippen MR) is 152 cm³/mol. The first kappa shape index (κ1) is 25.5. The highest BCUT2D eigenvalue weighted by molar-refractivity contribution is 5.96. The Bertz CT molecular complexity index is 1450. The summed E-state index contributed by atoms with van der Waals surface area (Å²) in [6.45, 7) is -0.0203. The standard InChI is InChI=1S/C33H34F2N2O2/c1-21(38)4-5-23-15-28(34)19-30(16-23)37(33(39)31-17-22-6-7-26(31)14-22)20-27-9-8-25(18-32(27)35)24-10-12-29(13-11-24)36(2)3/h4-5,8-13,15-16,18-19,22,26,31H,6-7,14,17,20H2,1-3H3/b5-4+/t22-,26+,31+/m0/s1/i20D/t20-,22+,26-,31-/m1. The van der Waals surface area contributed by atoms with Gasteiger partial charge >= 0.3 is 0 Å². The maximum atomic E-state index is 15.6. The Morgan fingerprint density at radius 2 is 1.69 bits per heavy atom. The van der Waals surface area contributed by atoms with Crippen molar-refractivity contribution in [1.82, 2.24) is 0 Å². The van der Waals surface area contributed by atoms with Gasteiger partial charge in [-0.1, -0.05) is 36.8 Å². The molecule has 2 fully saturated rings. The molecule has 2 bridgehead atoms. The number of ketones is 1. The van der Waals surface area contributed by atoms with Crippen LogP contribution in [0.1, 0.15) is 45.1 Å². The molecule has 3 aromatic rings. The minimum atomic E-state index is -1.41. The molecule has 2 aliphatic rings. The van der Waals surface area contributed by atoms with E-state index in [1.165, 1.54) is 42.2 Å². The molecule has 5 rings (SSSR count). The van der Waals surface area contributed by atoms with Gasteiger partial charge in [0.05, 0.1) is 7.89 Å². The third-order valence-corrected chi connectivity index (χ3v) is 7.97. The SMILES string of the molecule is [2H][C@H](c1ccc(-c2ccc(N(C)C)cc2)cc1F)N(C(=O)[C@@H]1C[C@H]2CC[C@@H]1C2)c1cc(F)cc(/C=C/C(C)=O)c1. The van der Waals surface area contributed by atoms with Crippen LogP contribution in [0.15, 0.2) is 66.7 Å². The van der Waals surface area contributed by atoms with Crippen molar-refractivity contribution in [3.63, 3.8) is 0 Å². The molecule has 4 atom stereocenters. The maximum Gasteiger partial charge on any atom is 0.230 e. The van der Waals surface area contributed by atoms with E-state index in [0.717, 1.165) is 36.9 Å². The number of carbonyl (C=O) groups is 2. The molecule has 0 unspecified atom stereocenters. The summed E-state index contributed by atoms with van der Waals surface area (Å²) in [4.78, 5) is 28.7. The molecule has 0 spiro atoms. The van der Waals surface area contributed by atoms with E-state index in [1.54, 1.807) is 18.2 Å². The van der Waals surface area contributed by atoms with E-state index < -0.39 is 18.2 Å². The van der Waals surface area contributed by atoms with Gasteiger partial charge in [0.2, 0.25) is 5.91 Å². The number of halogens is 2. The van der Waals surface area contributed by atoms with E-state index in [9.17, 15) is 14.0 Å². The largest absolute Gasteiger partial charge is 0.378 e. The molecule has 0 heterocycles. The lowest BCUT2D eigenvalue weighted by atomic mass is 9.87. The van der Waals surface area contributed by atoms with Crippen LogP contribution in [0.25, 0.3) is 17.2 Å². The van der Waals surface area contributed by atoms with Crippen LogP contribution in [-0.2, 0) is 16.1 Å². The fourth-order valence-electron chi connectivity index (χ4n) is 5.94. The summed E-state index contributed by atoms with van der Waals surface area (Å²) < 4.78 is 39.5. The van der Waals surface area contributed by atoms with E-state index in [1.807, 2.05) is 43.3 Å². The van der Waals surface area contributed by atoms with Crippen molar-refractivity contribution in [1.29, 1.82) is 0 Å². The van der Waals surface area contributed by atoms with Gasteiger partial charge in [0, 0.05) is 37.0 Å². The fraction of sp³-hybridized carbons (Fsp3) is 0.333. The first-order valence-electron chi connectivity index (χ1n) is 14.0. The van der Waals surface area contributed by atoms with E-state index in [4.69, 9.17) is 1.37 Å². The molecule has 0 saturated heterocycles. The van der Waals surface area contributed by atoms with Crippen LogP contribution in [-0.4, -0.2) is 25.8 Å². The molecule has 202 valence electrons. The Kier molecular flexibility index (Phi) is 7.27. The summed E-state index contributed by atoms with van der Waals surface area (Å²) in [7, 11) is 3.89. The summed E-state index contributed by atoms with van der Waals surface area (Å²) in [5.74, 6) is -1.23. The van der Waals surface area contributed by atoms with E-state index in [0.29, 0.717) is 17.0 Å². The van der Waals surface area contributed by atoms with Gasteiger partial charge in [0.1, 0.15) is 11.6 Å². The monoisotopic (exact) mass is 529 g/mol. The van der Waals surface area contributed by atoms with E-state index in [-0.39, 0.29) is 34.8 Å². The number of allylic oxidation sites excluding steroid dienone is 1. The number of amides is 1. The molecule has 6 heteroatoms. The number of fused-ring (bicyclic) bond motifs is 2. The zero-order valence-corrected chi connectivity index (χ0v) is 22.5. The van der Waals surface area contributed by atoms with Crippen LogP contribution < -0.4 is 9.80 Å². The number of hydrogen-bond acceptors (Lipinski definition) is 3. The lowest BCUT2D eigenvalue weighted by Crippen LogP contribution is -2.38. The molecule has 3 aromatic carbocycles. The molecule has 0 N–H and O–H groups in total. The molecule has 2 aliphatic carbocycles. The Balaban J connectivity index is 1.51. The third-order valence-electron chi connectivity index (χ3n) is 7.97. The molecule has 39 heavy (non-hydrogen) atoms. The molecule has 4 nitrogen and oxygen atoms in total. The lowest BCUT2D eigenvalue weighted by Gasteiger charge is -2.30. The van der Waals surface area contributed by atoms with Crippen LogP contribution >= 0.6 is 0 Å². The summed E-state index contributed by atoms with van der Waals surface area (Å²) in [5, 5.41) is 0. The second-order valence-electron chi connectivity index (χ2n) is 11.0. The number of carbonyl (C=O) groups excluding carboxylic acids is 2. The maximum absolute atomic E-state index is 15.6. The second-order valence-corrected chi connectivity index (χ2v) is 11.0. The highest BCUT2D eigenvalue weighted by Gasteiger charge is 2.44. The van der Waals surface area contributed by atoms with Crippen LogP contribution in [0.2, 0.25) is 0 Å². The normalized spacial score (nSPS) is 21.2. The minimum absolute atomic E-state index is 0.0373. The number of hydrogen-bond donors (Lipinski definition) is 0. The summed E-state index contributed by atoms with van der Waals surface area (Å²) in [5.41, 5.74) is 3.12. The quantitative estimate of drug-likeness (QED) is 0.288. The Morgan fingerprint density at radius 1 is 0.949 bits per heavy atom. The molecule has 0 aliphatic heterocycles. The number of rotatable bonds is 8. The van der Waals surface area contributed by atoms with Gasteiger partial charge in [-0.25, -0.2) is 8.78 Å². The highest BCUT2D eigenvalue weighted by Crippen LogP contribution is 2.49. The first-order valence-corrected chi connectivity index (χ1v) is 13.4. The molecule has 1 amide bonds. The Morgan fingerprint density at radius 3 is 2.31 bits per heavy atom. The van der Waals surface area contributed by atoms with Gasteiger partial charge in [-0.15, -0.1) is 0 Å². The van der Waals surface area contributed by atoms with E-state index >= 15 is 4.39 Å². The molecule has 0 radical (unpaired) electrons. The number of nitrogens with zero attached hydrogens (tertiary/aromatic N) is 2. The van der Waals surface area contributed by atoms with Crippen molar-refractivity contribution in [3.8, 4) is 11.1 Å². The zero-order valence-electron chi connectivity index (χ0n) is 23.5. The Labute approximate surface area is 230 Å². The van der Waals surface area contributed by atoms with E-state index in [2.05, 4.69) is 0 Å². The van der Waals surface area contributed by atoms with Crippen LogP contribution in [0, 0.1) is 29.4 Å². The van der Waals surface area contributed by atoms with Gasteiger partial charge in [-0.3, -0.25) is 9.59 Å². The average Bonchev–Trinajstić information content (AvgIpc) is 3.56. The zero-order chi connectivity index (χ0) is 28.6. The topological polar surface area (TPSA) is 40.6 Å². The molecular weight excluding hydrogens is 494 g/mol. The predicted octanol–water partition coefficient (Wildman–Crippen LogP) is 7.27. The van der Waals surface area contributed by atoms with Crippen LogP contribution in [0.4, 0.5) is 20.2 Å². The third kappa shape index (κ3) is 5.95. The van der Waals surface area contributed by atoms with Crippen molar-refractivity contribution < 1.29 is 19.7 Å². The van der Waals surface area contributed by atoms with Gasteiger partial charge < -0.3 is 9.80 Å². The molecule has 2 saturated carbocycles. The second kappa shape index (κ2) is 11.1. The summed E-state index contributed by atoms with van der Waals surface area (Å²) >= 11 is 0. The number of anilines is 2. The van der Waals surface area contributed by atoms with Crippen LogP contribution in [0.5, 0.6) is 0 Å². The van der Waals surface area contributed by atoms with Gasteiger partial charge in [0.15, 0.2) is 5.78 Å². The van der Waals surface area contributed by atoms with Crippen molar-refractivity contribution in [2.75, 3.05) is 23.9 Å². The van der Waals surface area contributed by atoms with Gasteiger partial charge in [-0.05, 0) is 97.2 Å². The summed E-state index contributed by atoms with van der Waals surface area (Å²) in [6.07, 6.45) is 6.59. The highest BCUT2D eigenvalue weighted by atomic mass is 19.1. The van der Waals surface area contributed by atoms with Crippen molar-refractivity contribution >= 4 is 29.1 Å². The fourth-order valence-corrected chi connectivity index (χ4v) is 5.94. The smallest absolute Gasteiger partial charge is 0.230 e.